The molecule has 0 aliphatic heterocycles. The van der Waals surface area contributed by atoms with Gasteiger partial charge in [-0.25, -0.2) is 15.0 Å². The number of hydrogen-bond donors (Lipinski definition) is 0. The molecule has 8 aromatic carbocycles. The minimum absolute atomic E-state index is 0.389. The fraction of sp³-hybridized carbons (Fsp3) is 0. The van der Waals surface area contributed by atoms with Gasteiger partial charge in [-0.2, -0.15) is 0 Å². The van der Waals surface area contributed by atoms with E-state index in [1.54, 1.807) is 0 Å². The summed E-state index contributed by atoms with van der Waals surface area (Å²) in [4.78, 5) is 12.8. The first-order valence-corrected chi connectivity index (χ1v) is 14.2. The maximum absolute atomic E-state index is 9.90. The molecule has 0 radical (unpaired) electrons. The van der Waals surface area contributed by atoms with Crippen LogP contribution < -0.4 is 0 Å². The molecule has 0 aliphatic carbocycles. The number of nitrogens with zero attached hydrogens (tertiary/aromatic N) is 3. The molecule has 0 N–H and O–H groups in total. The van der Waals surface area contributed by atoms with E-state index in [1.807, 2.05) is 0 Å². The summed E-state index contributed by atoms with van der Waals surface area (Å²) < 4.78 is 245. The summed E-state index contributed by atoms with van der Waals surface area (Å²) in [5.41, 5.74) is -4.74. The Morgan fingerprint density at radius 3 is 1.37 bits per heavy atom. The van der Waals surface area contributed by atoms with Crippen molar-refractivity contribution in [3.8, 4) is 45.3 Å². The van der Waals surface area contributed by atoms with Crippen LogP contribution in [0.2, 0.25) is 0 Å². The van der Waals surface area contributed by atoms with Gasteiger partial charge in [0.1, 0.15) is 11.2 Å². The number of rotatable bonds is 4. The zero-order valence-electron chi connectivity index (χ0n) is 51.2. The third kappa shape index (κ3) is 4.57. The van der Waals surface area contributed by atoms with E-state index in [-0.39, 0.29) is 5.39 Å². The van der Waals surface area contributed by atoms with Gasteiger partial charge in [0.2, 0.25) is 0 Å². The maximum atomic E-state index is 9.90. The van der Waals surface area contributed by atoms with Crippen LogP contribution in [0.25, 0.3) is 99.5 Å². The topological polar surface area (TPSA) is 51.8 Å². The predicted molar refractivity (Wildman–Crippen MR) is 201 cm³/mol. The predicted octanol–water partition coefficient (Wildman–Crippen LogP) is 11.9. The fourth-order valence-corrected chi connectivity index (χ4v) is 5.35. The first-order chi connectivity index (χ1) is 35.5. The second-order valence-electron chi connectivity index (χ2n) is 10.3. The monoisotopic (exact) mass is 652 g/mol. The largest absolute Gasteiger partial charge is 0.456 e. The molecule has 0 bridgehead atoms. The van der Waals surface area contributed by atoms with Crippen molar-refractivity contribution >= 4 is 54.3 Å². The molecule has 0 amide bonds. The normalized spacial score (nSPS) is 19.4. The summed E-state index contributed by atoms with van der Waals surface area (Å²) in [5, 5.41) is -4.54. The van der Waals surface area contributed by atoms with Crippen molar-refractivity contribution in [1.82, 2.24) is 15.0 Å². The molecule has 10 rings (SSSR count). The number of fused-ring (bicyclic) bond motifs is 9. The van der Waals surface area contributed by atoms with Crippen molar-refractivity contribution in [2.75, 3.05) is 0 Å². The highest BCUT2D eigenvalue weighted by molar-refractivity contribution is 6.26. The molecule has 2 heterocycles. The van der Waals surface area contributed by atoms with Crippen LogP contribution in [0.3, 0.4) is 0 Å². The van der Waals surface area contributed by atoms with E-state index in [0.29, 0.717) is 0 Å². The third-order valence-corrected chi connectivity index (χ3v) is 7.50. The summed E-state index contributed by atoms with van der Waals surface area (Å²) >= 11 is 0. The van der Waals surface area contributed by atoms with Gasteiger partial charge in [0, 0.05) is 27.5 Å². The molecule has 49 heavy (non-hydrogen) atoms. The molecule has 0 aliphatic rings. The Hall–Kier alpha value is -6.65. The van der Waals surface area contributed by atoms with Crippen LogP contribution in [0.4, 0.5) is 0 Å². The summed E-state index contributed by atoms with van der Waals surface area (Å²) in [6.45, 7) is 0. The van der Waals surface area contributed by atoms with Crippen molar-refractivity contribution in [3.63, 3.8) is 0 Å². The zero-order valence-corrected chi connectivity index (χ0v) is 24.2. The second-order valence-corrected chi connectivity index (χ2v) is 10.3. The molecule has 0 unspecified atom stereocenters. The van der Waals surface area contributed by atoms with Crippen molar-refractivity contribution in [2.24, 2.45) is 0 Å². The van der Waals surface area contributed by atoms with Crippen molar-refractivity contribution in [2.45, 2.75) is 0 Å². The molecule has 0 fully saturated rings. The minimum atomic E-state index is -0.996. The van der Waals surface area contributed by atoms with Gasteiger partial charge >= 0.3 is 0 Å². The Labute approximate surface area is 319 Å². The average Bonchev–Trinajstić information content (AvgIpc) is 3.82. The van der Waals surface area contributed by atoms with Crippen LogP contribution in [0.1, 0.15) is 37.0 Å². The van der Waals surface area contributed by atoms with Crippen LogP contribution >= 0.6 is 0 Å². The molecule has 228 valence electrons. The van der Waals surface area contributed by atoms with Crippen LogP contribution in [-0.4, -0.2) is 15.0 Å². The highest BCUT2D eigenvalue weighted by atomic mass is 16.3. The molecule has 0 spiro atoms. The highest BCUT2D eigenvalue weighted by Crippen LogP contribution is 2.40. The quantitative estimate of drug-likeness (QED) is 0.178. The molecule has 0 saturated carbocycles. The SMILES string of the molecule is [2H]c1c([2H])c([2H])c(-c2nc(-c3c([2H])c([2H])c([2H])c([2H])c3[2H])nc(-c3c([2H])c([2H])c4c5c([2H])c([2H])c([2H])c([2H])c5c5c([2H])c(-c6c([2H])c([2H])c7oc8c([2H])c([2H])c([2H])c([2H])c8c7c6[2H])c([2H])c([2H])c5c4c3[2H])n2)c([2H])c1[2H]. The van der Waals surface area contributed by atoms with E-state index in [0.717, 1.165) is 0 Å². The molecule has 10 aromatic rings. The van der Waals surface area contributed by atoms with Gasteiger partial charge in [-0.05, 0) is 73.7 Å². The lowest BCUT2D eigenvalue weighted by Gasteiger charge is -2.14. The van der Waals surface area contributed by atoms with Gasteiger partial charge in [0.25, 0.3) is 0 Å². The molecule has 2 aromatic heterocycles. The van der Waals surface area contributed by atoms with Crippen molar-refractivity contribution in [3.05, 3.63) is 163 Å². The lowest BCUT2D eigenvalue weighted by atomic mass is 9.91. The van der Waals surface area contributed by atoms with Gasteiger partial charge in [0.05, 0.1) is 37.0 Å². The lowest BCUT2D eigenvalue weighted by molar-refractivity contribution is 0.669. The van der Waals surface area contributed by atoms with E-state index >= 15 is 0 Å². The molecular formula is C45H27N3O. The number of para-hydroxylation sites is 1. The van der Waals surface area contributed by atoms with E-state index in [2.05, 4.69) is 15.0 Å². The first-order valence-electron chi connectivity index (χ1n) is 27.7. The Bertz CT molecular complexity index is 4300. The fourth-order valence-electron chi connectivity index (χ4n) is 5.35. The smallest absolute Gasteiger partial charge is 0.164 e. The van der Waals surface area contributed by atoms with Crippen LogP contribution in [0.5, 0.6) is 0 Å². The minimum Gasteiger partial charge on any atom is -0.456 e. The lowest BCUT2D eigenvalue weighted by Crippen LogP contribution is -2.00. The Kier molecular flexibility index (Phi) is 2.64. The number of furan rings is 1. The molecule has 4 nitrogen and oxygen atoms in total. The maximum Gasteiger partial charge on any atom is 0.164 e. The van der Waals surface area contributed by atoms with Crippen LogP contribution in [0, 0.1) is 0 Å². The summed E-state index contributed by atoms with van der Waals surface area (Å²) in [6.07, 6.45) is 0. The first kappa shape index (κ1) is 11.8. The molecule has 4 heteroatoms. The molecular weight excluding hydrogens is 599 g/mol. The molecule has 0 atom stereocenters. The average molecular weight is 653 g/mol. The Balaban J connectivity index is 1.42. The van der Waals surface area contributed by atoms with Crippen molar-refractivity contribution < 1.29 is 41.4 Å². The summed E-state index contributed by atoms with van der Waals surface area (Å²) in [7, 11) is 0. The number of aromatic nitrogens is 3. The van der Waals surface area contributed by atoms with Gasteiger partial charge in [-0.1, -0.05) is 133 Å². The number of hydrogen-bond acceptors (Lipinski definition) is 4. The van der Waals surface area contributed by atoms with Crippen molar-refractivity contribution in [1.29, 1.82) is 0 Å². The third-order valence-electron chi connectivity index (χ3n) is 7.50. The second kappa shape index (κ2) is 11.0. The number of benzene rings is 8. The van der Waals surface area contributed by atoms with Crippen LogP contribution in [0.15, 0.2) is 168 Å². The van der Waals surface area contributed by atoms with Gasteiger partial charge in [-0.15, -0.1) is 0 Å². The van der Waals surface area contributed by atoms with Gasteiger partial charge in [-0.3, -0.25) is 0 Å². The Morgan fingerprint density at radius 1 is 0.306 bits per heavy atom. The zero-order chi connectivity index (χ0) is 55.8. The Morgan fingerprint density at radius 2 is 0.714 bits per heavy atom. The van der Waals surface area contributed by atoms with E-state index in [4.69, 9.17) is 29.1 Å². The standard InChI is InChI=1S/C45H27N3O/c1-3-11-28(12-4-1)43-46-44(29-13-5-2-6-14-29)48-45(47-43)32-20-23-35-33-15-7-8-16-34(33)38-25-30(19-22-36(38)39(35)27-32)31-21-24-42-40(26-31)37-17-9-10-18-41(37)49-42/h1-27H/i1D,2D,3D,4D,5D,6D,7D,8D,9D,10D,11D,12D,13D,14D,15D,16D,17D,18D,19D,20D,21D,22D,23D,24D,25D,26D,27D. The van der Waals surface area contributed by atoms with Gasteiger partial charge < -0.3 is 4.42 Å². The summed E-state index contributed by atoms with van der Waals surface area (Å²) in [5.74, 6) is -2.50. The van der Waals surface area contributed by atoms with E-state index in [9.17, 15) is 12.3 Å². The highest BCUT2D eigenvalue weighted by Gasteiger charge is 2.16. The molecule has 0 saturated heterocycles. The van der Waals surface area contributed by atoms with E-state index in [1.165, 1.54) is 0 Å². The van der Waals surface area contributed by atoms with Crippen LogP contribution in [-0.2, 0) is 0 Å². The van der Waals surface area contributed by atoms with E-state index < -0.39 is 257 Å². The summed E-state index contributed by atoms with van der Waals surface area (Å²) in [6, 6.07) is -23.5. The van der Waals surface area contributed by atoms with Gasteiger partial charge in [0.15, 0.2) is 17.5 Å².